The first-order chi connectivity index (χ1) is 15.9. The molecule has 0 aromatic heterocycles. The Hall–Kier alpha value is -3.45. The van der Waals surface area contributed by atoms with E-state index < -0.39 is 23.5 Å². The van der Waals surface area contributed by atoms with Gasteiger partial charge in [-0.1, -0.05) is 38.6 Å². The molecule has 1 N–H and O–H groups in total. The van der Waals surface area contributed by atoms with Crippen LogP contribution in [0.3, 0.4) is 0 Å². The number of Topliss-reactive ketones (excluding diaryl/α,β-unsaturated/α-hetero) is 1. The first-order valence-corrected chi connectivity index (χ1v) is 11.0. The van der Waals surface area contributed by atoms with Crippen molar-refractivity contribution in [2.75, 3.05) is 32.8 Å². The molecular weight excluding hydrogens is 423 g/mol. The molecule has 3 rings (SSSR count). The van der Waals surface area contributed by atoms with Crippen molar-refractivity contribution in [2.45, 2.75) is 19.9 Å². The Bertz CT molecular complexity index is 1040. The number of benzene rings is 2. The lowest BCUT2D eigenvalue weighted by Crippen LogP contribution is -2.38. The normalized spacial score (nSPS) is 17.6. The second-order valence-electron chi connectivity index (χ2n) is 7.70. The summed E-state index contributed by atoms with van der Waals surface area (Å²) in [5, 5.41) is 11.0. The number of aliphatic hydroxyl groups is 1. The average Bonchev–Trinajstić information content (AvgIpc) is 3.08. The minimum Gasteiger partial charge on any atom is -0.507 e. The summed E-state index contributed by atoms with van der Waals surface area (Å²) in [5.41, 5.74) is 0.883. The van der Waals surface area contributed by atoms with Crippen LogP contribution in [0.5, 0.6) is 5.75 Å². The van der Waals surface area contributed by atoms with Crippen molar-refractivity contribution in [3.63, 3.8) is 0 Å². The molecule has 0 saturated carbocycles. The Morgan fingerprint density at radius 3 is 2.52 bits per heavy atom. The van der Waals surface area contributed by atoms with Crippen LogP contribution in [0.1, 0.15) is 31.0 Å². The minimum absolute atomic E-state index is 0.0213. The van der Waals surface area contributed by atoms with Gasteiger partial charge in [-0.05, 0) is 55.1 Å². The van der Waals surface area contributed by atoms with Crippen LogP contribution in [0.15, 0.2) is 66.8 Å². The highest BCUT2D eigenvalue weighted by atomic mass is 19.1. The molecule has 174 valence electrons. The topological polar surface area (TPSA) is 70.1 Å². The predicted octanol–water partition coefficient (Wildman–Crippen LogP) is 4.15. The van der Waals surface area contributed by atoms with E-state index in [9.17, 15) is 19.1 Å². The van der Waals surface area contributed by atoms with E-state index in [1.165, 1.54) is 29.2 Å². The minimum atomic E-state index is -0.794. The third-order valence-corrected chi connectivity index (χ3v) is 5.75. The Morgan fingerprint density at radius 2 is 1.88 bits per heavy atom. The number of ether oxygens (including phenoxy) is 1. The zero-order chi connectivity index (χ0) is 24.0. The summed E-state index contributed by atoms with van der Waals surface area (Å²) < 4.78 is 19.0. The molecule has 2 aromatic rings. The third kappa shape index (κ3) is 5.31. The van der Waals surface area contributed by atoms with Crippen LogP contribution in [0.2, 0.25) is 0 Å². The summed E-state index contributed by atoms with van der Waals surface area (Å²) in [6.45, 7) is 10.5. The van der Waals surface area contributed by atoms with E-state index in [1.807, 2.05) is 13.8 Å². The van der Waals surface area contributed by atoms with Gasteiger partial charge in [0, 0.05) is 18.7 Å². The van der Waals surface area contributed by atoms with E-state index >= 15 is 0 Å². The quantitative estimate of drug-likeness (QED) is 0.254. The van der Waals surface area contributed by atoms with Crippen LogP contribution in [-0.2, 0) is 9.59 Å². The maximum Gasteiger partial charge on any atom is 0.295 e. The molecule has 1 aliphatic heterocycles. The Labute approximate surface area is 193 Å². The fourth-order valence-corrected chi connectivity index (χ4v) is 3.94. The summed E-state index contributed by atoms with van der Waals surface area (Å²) in [6, 6.07) is 11.5. The van der Waals surface area contributed by atoms with Crippen LogP contribution >= 0.6 is 0 Å². The number of aliphatic hydroxyl groups excluding tert-OH is 1. The number of likely N-dealkylation sites (N-methyl/N-ethyl adjacent to an activating group) is 1. The average molecular weight is 453 g/mol. The molecule has 7 heteroatoms. The summed E-state index contributed by atoms with van der Waals surface area (Å²) in [4.78, 5) is 29.8. The van der Waals surface area contributed by atoms with Crippen LogP contribution in [0.4, 0.5) is 4.39 Å². The standard InChI is InChI=1S/C26H29FN2O4/c1-4-16-33-21-9-7-8-19(17-21)23-22(24(30)18-10-12-20(27)13-11-18)25(31)26(32)29(23)15-14-28(5-2)6-3/h4,7-13,17,23,30H,1,5-6,14-16H2,2-3H3/b24-22+/t23-/m0/s1. The lowest BCUT2D eigenvalue weighted by molar-refractivity contribution is -0.140. The highest BCUT2D eigenvalue weighted by Crippen LogP contribution is 2.40. The summed E-state index contributed by atoms with van der Waals surface area (Å²) >= 11 is 0. The predicted molar refractivity (Wildman–Crippen MR) is 125 cm³/mol. The zero-order valence-electron chi connectivity index (χ0n) is 19.0. The molecule has 1 amide bonds. The van der Waals surface area contributed by atoms with E-state index in [0.29, 0.717) is 31.0 Å². The van der Waals surface area contributed by atoms with Crippen LogP contribution in [0, 0.1) is 5.82 Å². The molecule has 1 fully saturated rings. The van der Waals surface area contributed by atoms with E-state index in [2.05, 4.69) is 11.5 Å². The summed E-state index contributed by atoms with van der Waals surface area (Å²) in [7, 11) is 0. The smallest absolute Gasteiger partial charge is 0.295 e. The van der Waals surface area contributed by atoms with Gasteiger partial charge in [-0.25, -0.2) is 4.39 Å². The van der Waals surface area contributed by atoms with Crippen LogP contribution < -0.4 is 4.74 Å². The Kier molecular flexibility index (Phi) is 8.01. The van der Waals surface area contributed by atoms with Gasteiger partial charge in [0.25, 0.3) is 11.7 Å². The molecule has 0 unspecified atom stereocenters. The Balaban J connectivity index is 2.09. The van der Waals surface area contributed by atoms with Crippen LogP contribution in [-0.4, -0.2) is 59.4 Å². The van der Waals surface area contributed by atoms with Gasteiger partial charge in [0.15, 0.2) is 0 Å². The van der Waals surface area contributed by atoms with Gasteiger partial charge in [0.2, 0.25) is 0 Å². The lowest BCUT2D eigenvalue weighted by Gasteiger charge is -2.28. The van der Waals surface area contributed by atoms with Gasteiger partial charge in [-0.15, -0.1) is 0 Å². The number of carbonyl (C=O) groups is 2. The SMILES string of the molecule is C=CCOc1cccc([C@H]2/C(=C(\O)c3ccc(F)cc3)C(=O)C(=O)N2CCN(CC)CC)c1. The Morgan fingerprint density at radius 1 is 1.18 bits per heavy atom. The molecule has 1 aliphatic rings. The number of halogens is 1. The molecule has 2 aromatic carbocycles. The molecular formula is C26H29FN2O4. The highest BCUT2D eigenvalue weighted by Gasteiger charge is 2.46. The fourth-order valence-electron chi connectivity index (χ4n) is 3.94. The van der Waals surface area contributed by atoms with Crippen molar-refractivity contribution >= 4 is 17.4 Å². The number of nitrogens with zero attached hydrogens (tertiary/aromatic N) is 2. The van der Waals surface area contributed by atoms with E-state index in [1.54, 1.807) is 30.3 Å². The monoisotopic (exact) mass is 452 g/mol. The number of ketones is 1. The third-order valence-electron chi connectivity index (χ3n) is 5.75. The number of rotatable bonds is 10. The van der Waals surface area contributed by atoms with Gasteiger partial charge in [-0.2, -0.15) is 0 Å². The maximum atomic E-state index is 13.4. The van der Waals surface area contributed by atoms with Crippen molar-refractivity contribution in [1.82, 2.24) is 9.80 Å². The largest absolute Gasteiger partial charge is 0.507 e. The fraction of sp³-hybridized carbons (Fsp3) is 0.308. The summed E-state index contributed by atoms with van der Waals surface area (Å²) in [6.07, 6.45) is 1.62. The highest BCUT2D eigenvalue weighted by molar-refractivity contribution is 6.46. The number of likely N-dealkylation sites (tertiary alicyclic amines) is 1. The molecule has 6 nitrogen and oxygen atoms in total. The number of amides is 1. The molecule has 1 saturated heterocycles. The first-order valence-electron chi connectivity index (χ1n) is 11.0. The van der Waals surface area contributed by atoms with E-state index in [-0.39, 0.29) is 16.9 Å². The van der Waals surface area contributed by atoms with Gasteiger partial charge in [0.1, 0.15) is 23.9 Å². The first kappa shape index (κ1) is 24.2. The molecule has 0 bridgehead atoms. The van der Waals surface area contributed by atoms with E-state index in [4.69, 9.17) is 4.74 Å². The van der Waals surface area contributed by atoms with Gasteiger partial charge in [0.05, 0.1) is 11.6 Å². The van der Waals surface area contributed by atoms with Crippen LogP contribution in [0.25, 0.3) is 5.76 Å². The van der Waals surface area contributed by atoms with E-state index in [0.717, 1.165) is 13.1 Å². The zero-order valence-corrected chi connectivity index (χ0v) is 19.0. The lowest BCUT2D eigenvalue weighted by atomic mass is 9.95. The number of hydrogen-bond acceptors (Lipinski definition) is 5. The van der Waals surface area contributed by atoms with Crippen molar-refractivity contribution in [1.29, 1.82) is 0 Å². The molecule has 1 atom stereocenters. The summed E-state index contributed by atoms with van der Waals surface area (Å²) in [5.74, 6) is -1.67. The van der Waals surface area contributed by atoms with Crippen molar-refractivity contribution in [2.24, 2.45) is 0 Å². The van der Waals surface area contributed by atoms with Crippen molar-refractivity contribution in [3.05, 3.63) is 83.7 Å². The molecule has 33 heavy (non-hydrogen) atoms. The second kappa shape index (κ2) is 10.9. The molecule has 0 radical (unpaired) electrons. The van der Waals surface area contributed by atoms with Gasteiger partial charge in [-0.3, -0.25) is 9.59 Å². The van der Waals surface area contributed by atoms with Gasteiger partial charge < -0.3 is 19.6 Å². The van der Waals surface area contributed by atoms with Crippen molar-refractivity contribution in [3.8, 4) is 5.75 Å². The van der Waals surface area contributed by atoms with Gasteiger partial charge >= 0.3 is 0 Å². The second-order valence-corrected chi connectivity index (χ2v) is 7.70. The molecule has 1 heterocycles. The number of hydrogen-bond donors (Lipinski definition) is 1. The maximum absolute atomic E-state index is 13.4. The molecule has 0 aliphatic carbocycles. The molecule has 0 spiro atoms. The number of carbonyl (C=O) groups excluding carboxylic acids is 2. The van der Waals surface area contributed by atoms with Crippen molar-refractivity contribution < 1.29 is 23.8 Å².